The quantitative estimate of drug-likeness (QED) is 0.101. The van der Waals surface area contributed by atoms with Crippen LogP contribution >= 0.6 is 0 Å². The Kier molecular flexibility index (Phi) is 16.6. The Morgan fingerprint density at radius 1 is 0.148 bits per heavy atom. The van der Waals surface area contributed by atoms with E-state index in [0.717, 1.165) is 51.2 Å². The maximum atomic E-state index is 2.31. The lowest BCUT2D eigenvalue weighted by atomic mass is 10.0. The van der Waals surface area contributed by atoms with E-state index in [1.54, 1.807) is 0 Å². The Hall–Kier alpha value is -11.5. The third kappa shape index (κ3) is 12.6. The lowest BCUT2D eigenvalue weighted by molar-refractivity contribution is 1.21. The minimum Gasteiger partial charge on any atom is -0.345 e. The van der Waals surface area contributed by atoms with E-state index in [1.807, 2.05) is 0 Å². The fourth-order valence-electron chi connectivity index (χ4n) is 11.5. The minimum absolute atomic E-state index is 1.12. The number of fused-ring (bicyclic) bond motifs is 1. The zero-order valence-electron chi connectivity index (χ0n) is 49.4. The molecule has 422 valence electrons. The highest BCUT2D eigenvalue weighted by Crippen LogP contribution is 2.40. The fourth-order valence-corrected chi connectivity index (χ4v) is 11.5. The molecular weight excluding hydrogens is 1060 g/mol. The zero-order chi connectivity index (χ0) is 59.4. The molecule has 14 aromatic carbocycles. The van der Waals surface area contributed by atoms with Crippen LogP contribution in [0.2, 0.25) is 0 Å². The van der Waals surface area contributed by atoms with Gasteiger partial charge >= 0.3 is 0 Å². The number of hydrogen-bond donors (Lipinski definition) is 0. The summed E-state index contributed by atoms with van der Waals surface area (Å²) >= 11 is 0. The molecule has 14 aromatic rings. The summed E-state index contributed by atoms with van der Waals surface area (Å²) in [5, 5.41) is 2.51. The van der Waals surface area contributed by atoms with Crippen molar-refractivity contribution in [1.82, 2.24) is 0 Å². The lowest BCUT2D eigenvalue weighted by Crippen LogP contribution is -2.09. The fraction of sp³-hybridized carbons (Fsp3) is 0.0238. The normalized spacial score (nSPS) is 10.8. The van der Waals surface area contributed by atoms with Gasteiger partial charge in [0.15, 0.2) is 0 Å². The van der Waals surface area contributed by atoms with E-state index in [9.17, 15) is 0 Å². The van der Waals surface area contributed by atoms with E-state index in [4.69, 9.17) is 0 Å². The molecule has 0 spiro atoms. The predicted octanol–water partition coefficient (Wildman–Crippen LogP) is 23.3. The topological polar surface area (TPSA) is 13.0 Å². The summed E-state index contributed by atoms with van der Waals surface area (Å²) in [6.07, 6.45) is 0. The average Bonchev–Trinajstić information content (AvgIpc) is 3.80. The largest absolute Gasteiger partial charge is 0.345 e. The highest BCUT2D eigenvalue weighted by Gasteiger charge is 2.16. The first-order valence-corrected chi connectivity index (χ1v) is 30.0. The van der Waals surface area contributed by atoms with E-state index in [2.05, 4.69) is 398 Å². The first-order valence-electron chi connectivity index (χ1n) is 30.0. The van der Waals surface area contributed by atoms with Crippen molar-refractivity contribution in [3.8, 4) is 55.6 Å². The Bertz CT molecular complexity index is 4490. The van der Waals surface area contributed by atoms with Crippen LogP contribution in [0.15, 0.2) is 364 Å². The van der Waals surface area contributed by atoms with Gasteiger partial charge in [0.05, 0.1) is 0 Å². The van der Waals surface area contributed by atoms with Gasteiger partial charge in [0, 0.05) is 71.0 Å². The first-order chi connectivity index (χ1) is 43.5. The van der Waals surface area contributed by atoms with Crippen LogP contribution in [0.1, 0.15) is 0 Å². The Morgan fingerprint density at radius 3 is 0.625 bits per heavy atom. The van der Waals surface area contributed by atoms with Gasteiger partial charge in [-0.25, -0.2) is 0 Å². The van der Waals surface area contributed by atoms with Crippen LogP contribution in [0.5, 0.6) is 0 Å². The lowest BCUT2D eigenvalue weighted by Gasteiger charge is -2.26. The molecular formula is C84H66N4. The van der Waals surface area contributed by atoms with Gasteiger partial charge in [0.2, 0.25) is 0 Å². The molecule has 0 unspecified atom stereocenters. The predicted molar refractivity (Wildman–Crippen MR) is 376 cm³/mol. The van der Waals surface area contributed by atoms with Crippen molar-refractivity contribution in [2.45, 2.75) is 0 Å². The maximum Gasteiger partial charge on any atom is 0.0462 e. The monoisotopic (exact) mass is 1130 g/mol. The van der Waals surface area contributed by atoms with Crippen molar-refractivity contribution in [3.05, 3.63) is 364 Å². The van der Waals surface area contributed by atoms with E-state index in [1.165, 1.54) is 72.1 Å². The molecule has 4 nitrogen and oxygen atoms in total. The zero-order valence-corrected chi connectivity index (χ0v) is 49.4. The van der Waals surface area contributed by atoms with Crippen molar-refractivity contribution in [3.63, 3.8) is 0 Å². The third-order valence-corrected chi connectivity index (χ3v) is 16.4. The van der Waals surface area contributed by atoms with Crippen LogP contribution in [-0.4, -0.2) is 14.1 Å². The molecule has 0 aliphatic heterocycles. The third-order valence-electron chi connectivity index (χ3n) is 16.4. The van der Waals surface area contributed by atoms with Crippen LogP contribution in [-0.2, 0) is 0 Å². The molecule has 0 aliphatic rings. The van der Waals surface area contributed by atoms with Crippen LogP contribution in [0.4, 0.5) is 56.9 Å². The van der Waals surface area contributed by atoms with Crippen molar-refractivity contribution < 1.29 is 0 Å². The summed E-state index contributed by atoms with van der Waals surface area (Å²) in [5.74, 6) is 0. The standard InChI is InChI=1S/C43H34N2.C41H32N2/c1-44(39-25-17-35(18-26-39)33-11-5-2-6-12-33)40-27-19-37(20-28-40)38-23-31-43(32-24-38)45(41-15-9-4-10-16-41)42-29-21-36(22-30-42)34-13-7-3-8-14-34;1-42(41-29-22-32-12-8-9-13-36(32)30-41)37-23-16-34(17-24-37)35-20-27-40(28-21-35)43(38-14-6-3-7-15-38)39-25-18-33(19-26-39)31-10-4-2-5-11-31/h2-32H,1H3;2-30H,1H3. The molecule has 0 fully saturated rings. The molecule has 14 rings (SSSR count). The average molecular weight is 1130 g/mol. The highest BCUT2D eigenvalue weighted by molar-refractivity contribution is 5.88. The molecule has 0 atom stereocenters. The SMILES string of the molecule is CN(c1ccc(-c2ccc(N(c3ccccc3)c3ccc(-c4ccccc4)cc3)cc2)cc1)c1ccc2ccccc2c1.CN(c1ccc(-c2ccccc2)cc1)c1ccc(-c2ccc(N(c3ccccc3)c3ccc(-c4ccccc4)cc3)cc2)cc1. The van der Waals surface area contributed by atoms with Gasteiger partial charge in [0.25, 0.3) is 0 Å². The Morgan fingerprint density at radius 2 is 0.341 bits per heavy atom. The van der Waals surface area contributed by atoms with Crippen LogP contribution in [0, 0.1) is 0 Å². The van der Waals surface area contributed by atoms with E-state index in [-0.39, 0.29) is 0 Å². The summed E-state index contributed by atoms with van der Waals surface area (Å²) in [4.78, 5) is 9.07. The molecule has 0 radical (unpaired) electrons. The number of para-hydroxylation sites is 2. The van der Waals surface area contributed by atoms with E-state index in [0.29, 0.717) is 0 Å². The molecule has 0 bridgehead atoms. The van der Waals surface area contributed by atoms with E-state index < -0.39 is 0 Å². The molecule has 0 N–H and O–H groups in total. The maximum absolute atomic E-state index is 2.31. The second-order valence-corrected chi connectivity index (χ2v) is 21.9. The van der Waals surface area contributed by atoms with Crippen molar-refractivity contribution in [2.75, 3.05) is 33.7 Å². The Labute approximate surface area is 518 Å². The molecule has 0 aromatic heterocycles. The van der Waals surface area contributed by atoms with Crippen molar-refractivity contribution in [2.24, 2.45) is 0 Å². The molecule has 4 heteroatoms. The second kappa shape index (κ2) is 26.2. The molecule has 0 saturated carbocycles. The van der Waals surface area contributed by atoms with Gasteiger partial charge in [-0.15, -0.1) is 0 Å². The number of nitrogens with zero attached hydrogens (tertiary/aromatic N) is 4. The molecule has 0 heterocycles. The summed E-state index contributed by atoms with van der Waals surface area (Å²) in [5.41, 5.74) is 23.5. The van der Waals surface area contributed by atoms with Crippen molar-refractivity contribution in [1.29, 1.82) is 0 Å². The van der Waals surface area contributed by atoms with Gasteiger partial charge in [-0.05, 0) is 188 Å². The molecule has 0 amide bonds. The highest BCUT2D eigenvalue weighted by atomic mass is 15.1. The van der Waals surface area contributed by atoms with Crippen LogP contribution in [0.25, 0.3) is 66.4 Å². The van der Waals surface area contributed by atoms with Gasteiger partial charge in [-0.2, -0.15) is 0 Å². The second-order valence-electron chi connectivity index (χ2n) is 21.9. The van der Waals surface area contributed by atoms with Crippen LogP contribution in [0.3, 0.4) is 0 Å². The Balaban J connectivity index is 0.000000162. The smallest absolute Gasteiger partial charge is 0.0462 e. The number of hydrogen-bond acceptors (Lipinski definition) is 4. The number of rotatable bonds is 15. The number of anilines is 10. The van der Waals surface area contributed by atoms with Gasteiger partial charge < -0.3 is 19.6 Å². The summed E-state index contributed by atoms with van der Waals surface area (Å²) < 4.78 is 0. The van der Waals surface area contributed by atoms with E-state index >= 15 is 0 Å². The van der Waals surface area contributed by atoms with Gasteiger partial charge in [-0.1, -0.05) is 243 Å². The molecule has 0 saturated heterocycles. The van der Waals surface area contributed by atoms with Gasteiger partial charge in [-0.3, -0.25) is 0 Å². The first kappa shape index (κ1) is 55.7. The van der Waals surface area contributed by atoms with Gasteiger partial charge in [0.1, 0.15) is 0 Å². The van der Waals surface area contributed by atoms with Crippen LogP contribution < -0.4 is 19.6 Å². The van der Waals surface area contributed by atoms with Crippen molar-refractivity contribution >= 4 is 67.6 Å². The number of benzene rings is 14. The molecule has 88 heavy (non-hydrogen) atoms. The summed E-state index contributed by atoms with van der Waals surface area (Å²) in [6, 6.07) is 129. The summed E-state index contributed by atoms with van der Waals surface area (Å²) in [6.45, 7) is 0. The minimum atomic E-state index is 1.12. The molecule has 0 aliphatic carbocycles. The summed E-state index contributed by atoms with van der Waals surface area (Å²) in [7, 11) is 4.24.